The Hall–Kier alpha value is -1.06. The summed E-state index contributed by atoms with van der Waals surface area (Å²) in [7, 11) is -0.153. The van der Waals surface area contributed by atoms with Gasteiger partial charge in [-0.3, -0.25) is 0 Å². The molecule has 0 spiro atoms. The van der Waals surface area contributed by atoms with Crippen LogP contribution in [0.3, 0.4) is 0 Å². The van der Waals surface area contributed by atoms with E-state index in [0.717, 1.165) is 12.7 Å². The molecule has 1 aliphatic heterocycles. The third-order valence-electron chi connectivity index (χ3n) is 4.64. The molecular formula is C18H27BO2. The predicted octanol–water partition coefficient (Wildman–Crippen LogP) is 4.83. The Morgan fingerprint density at radius 1 is 1.10 bits per heavy atom. The molecule has 1 unspecified atom stereocenters. The lowest BCUT2D eigenvalue weighted by Crippen LogP contribution is -2.41. The van der Waals surface area contributed by atoms with Crippen LogP contribution in [0.15, 0.2) is 42.5 Å². The maximum absolute atomic E-state index is 6.15. The van der Waals surface area contributed by atoms with Crippen molar-refractivity contribution in [3.05, 3.63) is 48.0 Å². The normalized spacial score (nSPS) is 21.3. The van der Waals surface area contributed by atoms with Gasteiger partial charge < -0.3 is 9.31 Å². The molecule has 3 heteroatoms. The van der Waals surface area contributed by atoms with Gasteiger partial charge in [0.2, 0.25) is 0 Å². The fourth-order valence-electron chi connectivity index (χ4n) is 2.78. The quantitative estimate of drug-likeness (QED) is 0.570. The highest BCUT2D eigenvalue weighted by atomic mass is 16.7. The molecule has 114 valence electrons. The van der Waals surface area contributed by atoms with E-state index in [1.165, 1.54) is 11.1 Å². The predicted molar refractivity (Wildman–Crippen MR) is 89.5 cm³/mol. The van der Waals surface area contributed by atoms with Crippen LogP contribution in [0.4, 0.5) is 0 Å². The average Bonchev–Trinajstić information content (AvgIpc) is 2.57. The lowest BCUT2D eigenvalue weighted by Gasteiger charge is -2.32. The second-order valence-corrected chi connectivity index (χ2v) is 7.19. The van der Waals surface area contributed by atoms with Crippen LogP contribution in [0.5, 0.6) is 0 Å². The average molecular weight is 286 g/mol. The van der Waals surface area contributed by atoms with E-state index in [1.54, 1.807) is 0 Å². The Kier molecular flexibility index (Phi) is 4.65. The van der Waals surface area contributed by atoms with E-state index in [0.29, 0.717) is 5.92 Å². The van der Waals surface area contributed by atoms with Gasteiger partial charge in [0.1, 0.15) is 0 Å². The van der Waals surface area contributed by atoms with Gasteiger partial charge in [-0.15, -0.1) is 6.58 Å². The van der Waals surface area contributed by atoms with Crippen molar-refractivity contribution in [1.82, 2.24) is 0 Å². The zero-order valence-corrected chi connectivity index (χ0v) is 14.0. The van der Waals surface area contributed by atoms with Crippen molar-refractivity contribution in [2.75, 3.05) is 0 Å². The van der Waals surface area contributed by atoms with Crippen LogP contribution in [-0.4, -0.2) is 18.3 Å². The van der Waals surface area contributed by atoms with Gasteiger partial charge in [0, 0.05) is 0 Å². The minimum absolute atomic E-state index is 0.153. The van der Waals surface area contributed by atoms with Crippen molar-refractivity contribution in [2.45, 2.75) is 64.5 Å². The summed E-state index contributed by atoms with van der Waals surface area (Å²) < 4.78 is 12.3. The zero-order valence-electron chi connectivity index (χ0n) is 14.0. The number of allylic oxidation sites excluding steroid dienone is 1. The van der Waals surface area contributed by atoms with Gasteiger partial charge in [-0.2, -0.15) is 0 Å². The largest absolute Gasteiger partial charge is 0.458 e. The van der Waals surface area contributed by atoms with Crippen molar-refractivity contribution in [2.24, 2.45) is 0 Å². The first-order valence-corrected chi connectivity index (χ1v) is 7.76. The summed E-state index contributed by atoms with van der Waals surface area (Å²) in [6.45, 7) is 14.6. The number of benzene rings is 1. The molecule has 0 saturated carbocycles. The molecule has 2 nitrogen and oxygen atoms in total. The summed E-state index contributed by atoms with van der Waals surface area (Å²) in [4.78, 5) is 0. The fourth-order valence-corrected chi connectivity index (χ4v) is 2.78. The van der Waals surface area contributed by atoms with Gasteiger partial charge in [0.25, 0.3) is 0 Å². The van der Waals surface area contributed by atoms with Crippen LogP contribution in [0, 0.1) is 0 Å². The molecule has 2 rings (SSSR count). The minimum atomic E-state index is -0.262. The van der Waals surface area contributed by atoms with E-state index < -0.39 is 0 Å². The van der Waals surface area contributed by atoms with Crippen LogP contribution >= 0.6 is 0 Å². The summed E-state index contributed by atoms with van der Waals surface area (Å²) >= 11 is 0. The Bertz CT molecular complexity index is 477. The summed E-state index contributed by atoms with van der Waals surface area (Å²) in [5.41, 5.74) is 2.00. The molecule has 1 fully saturated rings. The monoisotopic (exact) mass is 286 g/mol. The molecule has 1 heterocycles. The summed E-state index contributed by atoms with van der Waals surface area (Å²) in [5.74, 6) is 0.387. The molecule has 1 aromatic carbocycles. The standard InChI is InChI=1S/C18H27BO2/c1-14(2)12-16(15-10-8-7-9-11-15)13-19-20-17(3,4)18(5,6)21-19/h7-11,16H,1,12-13H2,2-6H3. The number of hydrogen-bond acceptors (Lipinski definition) is 2. The molecule has 0 N–H and O–H groups in total. The lowest BCUT2D eigenvalue weighted by molar-refractivity contribution is 0.00578. The van der Waals surface area contributed by atoms with Crippen molar-refractivity contribution in [3.63, 3.8) is 0 Å². The Balaban J connectivity index is 2.12. The summed E-state index contributed by atoms with van der Waals surface area (Å²) in [6.07, 6.45) is 1.83. The van der Waals surface area contributed by atoms with E-state index in [-0.39, 0.29) is 18.3 Å². The van der Waals surface area contributed by atoms with Gasteiger partial charge in [0.05, 0.1) is 11.2 Å². The summed E-state index contributed by atoms with van der Waals surface area (Å²) in [6, 6.07) is 10.6. The highest BCUT2D eigenvalue weighted by molar-refractivity contribution is 6.45. The molecule has 0 aromatic heterocycles. The number of rotatable bonds is 5. The SMILES string of the molecule is C=C(C)CC(CB1OC(C)(C)C(C)(C)O1)c1ccccc1. The molecule has 21 heavy (non-hydrogen) atoms. The van der Waals surface area contributed by atoms with Crippen molar-refractivity contribution in [1.29, 1.82) is 0 Å². The van der Waals surface area contributed by atoms with E-state index in [4.69, 9.17) is 9.31 Å². The highest BCUT2D eigenvalue weighted by Gasteiger charge is 2.51. The maximum atomic E-state index is 6.15. The Morgan fingerprint density at radius 3 is 2.10 bits per heavy atom. The first-order valence-electron chi connectivity index (χ1n) is 7.76. The Morgan fingerprint density at radius 2 is 1.62 bits per heavy atom. The first kappa shape index (κ1) is 16.3. The zero-order chi connectivity index (χ0) is 15.7. The molecule has 1 saturated heterocycles. The molecule has 0 amide bonds. The minimum Gasteiger partial charge on any atom is -0.403 e. The van der Waals surface area contributed by atoms with Gasteiger partial charge in [-0.1, -0.05) is 35.9 Å². The molecular weight excluding hydrogens is 259 g/mol. The van der Waals surface area contributed by atoms with Crippen LogP contribution < -0.4 is 0 Å². The van der Waals surface area contributed by atoms with Crippen LogP contribution in [-0.2, 0) is 9.31 Å². The third kappa shape index (κ3) is 3.78. The third-order valence-corrected chi connectivity index (χ3v) is 4.64. The maximum Gasteiger partial charge on any atom is 0.458 e. The van der Waals surface area contributed by atoms with Crippen molar-refractivity contribution in [3.8, 4) is 0 Å². The lowest BCUT2D eigenvalue weighted by atomic mass is 9.73. The second-order valence-electron chi connectivity index (χ2n) is 7.19. The summed E-state index contributed by atoms with van der Waals surface area (Å²) in [5, 5.41) is 0. The van der Waals surface area contributed by atoms with E-state index in [1.807, 2.05) is 0 Å². The molecule has 0 radical (unpaired) electrons. The van der Waals surface area contributed by atoms with Gasteiger partial charge in [0.15, 0.2) is 0 Å². The van der Waals surface area contributed by atoms with Crippen LogP contribution in [0.1, 0.15) is 52.5 Å². The fraction of sp³-hybridized carbons (Fsp3) is 0.556. The topological polar surface area (TPSA) is 18.5 Å². The molecule has 0 aliphatic carbocycles. The van der Waals surface area contributed by atoms with Crippen molar-refractivity contribution < 1.29 is 9.31 Å². The molecule has 1 aromatic rings. The molecule has 1 atom stereocenters. The van der Waals surface area contributed by atoms with Gasteiger partial charge in [-0.05, 0) is 58.8 Å². The van der Waals surface area contributed by atoms with Gasteiger partial charge >= 0.3 is 7.12 Å². The van der Waals surface area contributed by atoms with Crippen LogP contribution in [0.25, 0.3) is 0 Å². The highest BCUT2D eigenvalue weighted by Crippen LogP contribution is 2.40. The van der Waals surface area contributed by atoms with E-state index in [2.05, 4.69) is 71.5 Å². The van der Waals surface area contributed by atoms with Crippen LogP contribution in [0.2, 0.25) is 6.32 Å². The molecule has 0 bridgehead atoms. The van der Waals surface area contributed by atoms with Gasteiger partial charge in [-0.25, -0.2) is 0 Å². The Labute approximate surface area is 129 Å². The van der Waals surface area contributed by atoms with E-state index >= 15 is 0 Å². The smallest absolute Gasteiger partial charge is 0.403 e. The number of hydrogen-bond donors (Lipinski definition) is 0. The van der Waals surface area contributed by atoms with Crippen molar-refractivity contribution >= 4 is 7.12 Å². The first-order chi connectivity index (χ1) is 9.71. The van der Waals surface area contributed by atoms with E-state index in [9.17, 15) is 0 Å². The second kappa shape index (κ2) is 5.98. The molecule has 1 aliphatic rings.